The van der Waals surface area contributed by atoms with Crippen LogP contribution in [-0.2, 0) is 4.79 Å². The van der Waals surface area contributed by atoms with E-state index < -0.39 is 18.0 Å². The lowest BCUT2D eigenvalue weighted by atomic mass is 10.2. The summed E-state index contributed by atoms with van der Waals surface area (Å²) in [5.41, 5.74) is 3.61. The molecule has 0 spiro atoms. The lowest BCUT2D eigenvalue weighted by molar-refractivity contribution is -0.128. The number of anilines is 1. The molecule has 2 aromatic rings. The van der Waals surface area contributed by atoms with Gasteiger partial charge in [0.2, 0.25) is 0 Å². The second-order valence-electron chi connectivity index (χ2n) is 5.78. The summed E-state index contributed by atoms with van der Waals surface area (Å²) in [6.07, 6.45) is 0. The first-order chi connectivity index (χ1) is 11.4. The number of aromatic nitrogens is 3. The van der Waals surface area contributed by atoms with E-state index in [9.17, 15) is 9.59 Å². The van der Waals surface area contributed by atoms with Crippen LogP contribution in [0.2, 0.25) is 0 Å². The zero-order valence-electron chi connectivity index (χ0n) is 13.9. The first kappa shape index (κ1) is 15.9. The van der Waals surface area contributed by atoms with E-state index in [0.29, 0.717) is 11.4 Å². The topological polar surface area (TPSA) is 92.5 Å². The minimum absolute atomic E-state index is 0.467. The number of hydrogen-bond acceptors (Lipinski definition) is 5. The van der Waals surface area contributed by atoms with E-state index in [-0.39, 0.29) is 0 Å². The predicted octanol–water partition coefficient (Wildman–Crippen LogP) is 2.19. The second kappa shape index (κ2) is 5.88. The number of nitrogens with zero attached hydrogens (tertiary/aromatic N) is 5. The van der Waals surface area contributed by atoms with Gasteiger partial charge < -0.3 is 5.32 Å². The molecule has 8 nitrogen and oxygen atoms in total. The average Bonchev–Trinajstić information content (AvgIpc) is 3.01. The molecule has 3 amide bonds. The summed E-state index contributed by atoms with van der Waals surface area (Å²) in [7, 11) is 0. The zero-order chi connectivity index (χ0) is 17.4. The van der Waals surface area contributed by atoms with Crippen molar-refractivity contribution in [2.45, 2.75) is 33.7 Å². The number of rotatable bonds is 2. The Morgan fingerprint density at radius 1 is 1.04 bits per heavy atom. The van der Waals surface area contributed by atoms with E-state index in [1.807, 2.05) is 32.9 Å². The molecule has 1 aliphatic heterocycles. The molecule has 0 fully saturated rings. The van der Waals surface area contributed by atoms with Crippen molar-refractivity contribution in [1.82, 2.24) is 20.0 Å². The van der Waals surface area contributed by atoms with Gasteiger partial charge in [-0.1, -0.05) is 17.7 Å². The third-order valence-corrected chi connectivity index (χ3v) is 3.85. The molecule has 124 valence electrons. The number of urea groups is 1. The van der Waals surface area contributed by atoms with Crippen LogP contribution in [0, 0.1) is 20.8 Å². The number of carbonyl (C=O) groups excluding carboxylic acids is 2. The number of hydrazone groups is 1. The lowest BCUT2D eigenvalue weighted by Gasteiger charge is -2.13. The normalized spacial score (nSPS) is 17.2. The minimum atomic E-state index is -0.791. The molecule has 0 saturated heterocycles. The van der Waals surface area contributed by atoms with E-state index >= 15 is 0 Å². The zero-order valence-corrected chi connectivity index (χ0v) is 13.9. The molecule has 0 aliphatic carbocycles. The Morgan fingerprint density at radius 3 is 2.21 bits per heavy atom. The summed E-state index contributed by atoms with van der Waals surface area (Å²) < 4.78 is 0. The number of nitrogens with one attached hydrogen (secondary N) is 1. The van der Waals surface area contributed by atoms with Crippen LogP contribution in [-0.4, -0.2) is 37.7 Å². The minimum Gasteiger partial charge on any atom is -0.306 e. The lowest BCUT2D eigenvalue weighted by Crippen LogP contribution is -2.37. The Morgan fingerprint density at radius 2 is 1.62 bits per heavy atom. The maximum Gasteiger partial charge on any atom is 0.349 e. The van der Waals surface area contributed by atoms with E-state index in [1.165, 1.54) is 4.80 Å². The van der Waals surface area contributed by atoms with Gasteiger partial charge in [-0.05, 0) is 39.8 Å². The Bertz CT molecular complexity index is 817. The van der Waals surface area contributed by atoms with E-state index in [4.69, 9.17) is 0 Å². The molecule has 1 atom stereocenters. The van der Waals surface area contributed by atoms with Gasteiger partial charge in [-0.2, -0.15) is 20.1 Å². The van der Waals surface area contributed by atoms with Gasteiger partial charge in [0.1, 0.15) is 0 Å². The van der Waals surface area contributed by atoms with Gasteiger partial charge >= 0.3 is 6.03 Å². The van der Waals surface area contributed by atoms with Crippen LogP contribution in [0.25, 0.3) is 0 Å². The number of amides is 3. The smallest absolute Gasteiger partial charge is 0.306 e. The number of benzene rings is 1. The van der Waals surface area contributed by atoms with E-state index in [1.54, 1.807) is 19.1 Å². The van der Waals surface area contributed by atoms with Crippen molar-refractivity contribution in [1.29, 1.82) is 0 Å². The van der Waals surface area contributed by atoms with Gasteiger partial charge in [0.15, 0.2) is 6.04 Å². The van der Waals surface area contributed by atoms with Crippen molar-refractivity contribution in [2.75, 3.05) is 5.32 Å². The highest BCUT2D eigenvalue weighted by Gasteiger charge is 2.40. The van der Waals surface area contributed by atoms with Crippen molar-refractivity contribution < 1.29 is 9.59 Å². The molecule has 0 saturated carbocycles. The molecular weight excluding hydrogens is 308 g/mol. The molecule has 0 radical (unpaired) electrons. The van der Waals surface area contributed by atoms with Crippen molar-refractivity contribution in [2.24, 2.45) is 5.10 Å². The van der Waals surface area contributed by atoms with Crippen LogP contribution in [0.5, 0.6) is 0 Å². The molecule has 2 heterocycles. The number of carbonyl (C=O) groups is 2. The molecule has 1 unspecified atom stereocenters. The average molecular weight is 326 g/mol. The predicted molar refractivity (Wildman–Crippen MR) is 88.7 cm³/mol. The van der Waals surface area contributed by atoms with Gasteiger partial charge in [-0.25, -0.2) is 4.79 Å². The summed E-state index contributed by atoms with van der Waals surface area (Å²) in [4.78, 5) is 26.2. The fourth-order valence-corrected chi connectivity index (χ4v) is 2.37. The van der Waals surface area contributed by atoms with Crippen molar-refractivity contribution in [3.63, 3.8) is 0 Å². The third kappa shape index (κ3) is 2.78. The summed E-state index contributed by atoms with van der Waals surface area (Å²) in [6.45, 7) is 7.25. The maximum absolute atomic E-state index is 12.6. The van der Waals surface area contributed by atoms with Gasteiger partial charge in [0.25, 0.3) is 5.91 Å². The van der Waals surface area contributed by atoms with Crippen LogP contribution >= 0.6 is 0 Å². The molecule has 1 N–H and O–H groups in total. The first-order valence-corrected chi connectivity index (χ1v) is 7.53. The number of imide groups is 1. The summed E-state index contributed by atoms with van der Waals surface area (Å²) in [5.74, 6) is -0.480. The molecule has 3 rings (SSSR count). The van der Waals surface area contributed by atoms with Gasteiger partial charge in [-0.3, -0.25) is 4.79 Å². The molecule has 24 heavy (non-hydrogen) atoms. The van der Waals surface area contributed by atoms with Crippen LogP contribution < -0.4 is 5.32 Å². The van der Waals surface area contributed by atoms with Crippen LogP contribution in [0.1, 0.15) is 29.9 Å². The number of hydrogen-bond donors (Lipinski definition) is 1. The quantitative estimate of drug-likeness (QED) is 0.915. The van der Waals surface area contributed by atoms with Crippen molar-refractivity contribution in [3.05, 3.63) is 41.2 Å². The largest absolute Gasteiger partial charge is 0.349 e. The first-order valence-electron chi connectivity index (χ1n) is 7.53. The Labute approximate surface area is 139 Å². The van der Waals surface area contributed by atoms with Crippen molar-refractivity contribution >= 4 is 23.3 Å². The highest BCUT2D eigenvalue weighted by molar-refractivity contribution is 6.15. The standard InChI is InChI=1S/C16H18N6O2/c1-9-5-7-13(8-6-9)17-16(24)21-15(23)14(12(4)18-21)22-19-10(2)11(3)20-22/h5-8,14H,1-4H3,(H,17,24). The van der Waals surface area contributed by atoms with Crippen LogP contribution in [0.3, 0.4) is 0 Å². The van der Waals surface area contributed by atoms with Gasteiger partial charge in [0, 0.05) is 5.69 Å². The highest BCUT2D eigenvalue weighted by atomic mass is 16.2. The number of aryl methyl sites for hydroxylation is 3. The second-order valence-corrected chi connectivity index (χ2v) is 5.78. The summed E-state index contributed by atoms with van der Waals surface area (Å²) in [6, 6.07) is 5.89. The summed E-state index contributed by atoms with van der Waals surface area (Å²) >= 11 is 0. The Balaban J connectivity index is 1.79. The molecule has 1 aromatic heterocycles. The SMILES string of the molecule is CC1=NN(C(=O)Nc2ccc(C)cc2)C(=O)C1n1nc(C)c(C)n1. The monoisotopic (exact) mass is 326 g/mol. The van der Waals surface area contributed by atoms with E-state index in [0.717, 1.165) is 22.0 Å². The van der Waals surface area contributed by atoms with Gasteiger partial charge in [0.05, 0.1) is 17.1 Å². The molecule has 1 aliphatic rings. The summed E-state index contributed by atoms with van der Waals surface area (Å²) in [5, 5.41) is 16.0. The Kier molecular flexibility index (Phi) is 3.88. The van der Waals surface area contributed by atoms with Crippen molar-refractivity contribution in [3.8, 4) is 0 Å². The fourth-order valence-electron chi connectivity index (χ4n) is 2.37. The maximum atomic E-state index is 12.6. The van der Waals surface area contributed by atoms with Gasteiger partial charge in [-0.15, -0.1) is 5.01 Å². The highest BCUT2D eigenvalue weighted by Crippen LogP contribution is 2.21. The molecule has 0 bridgehead atoms. The van der Waals surface area contributed by atoms with E-state index in [2.05, 4.69) is 20.6 Å². The van der Waals surface area contributed by atoms with Crippen LogP contribution in [0.4, 0.5) is 10.5 Å². The fraction of sp³-hybridized carbons (Fsp3) is 0.312. The molecule has 8 heteroatoms. The molecule has 1 aromatic carbocycles. The van der Waals surface area contributed by atoms with Crippen LogP contribution in [0.15, 0.2) is 29.4 Å². The Hall–Kier alpha value is -3.03. The third-order valence-electron chi connectivity index (χ3n) is 3.85. The molecular formula is C16H18N6O2.